The molecule has 11 nitrogen and oxygen atoms in total. The lowest BCUT2D eigenvalue weighted by molar-refractivity contribution is -0.139. The highest BCUT2D eigenvalue weighted by Crippen LogP contribution is 2.31. The van der Waals surface area contributed by atoms with Crippen molar-refractivity contribution in [3.63, 3.8) is 0 Å². The number of furan rings is 1. The number of ether oxygens (including phenoxy) is 2. The van der Waals surface area contributed by atoms with E-state index in [0.29, 0.717) is 39.0 Å². The van der Waals surface area contributed by atoms with E-state index in [2.05, 4.69) is 20.8 Å². The predicted octanol–water partition coefficient (Wildman–Crippen LogP) is 3.09. The molecule has 2 amide bonds. The molecule has 35 heavy (non-hydrogen) atoms. The van der Waals surface area contributed by atoms with Crippen LogP contribution in [0, 0.1) is 6.92 Å². The van der Waals surface area contributed by atoms with Gasteiger partial charge in [0.15, 0.2) is 5.82 Å². The van der Waals surface area contributed by atoms with Gasteiger partial charge in [-0.25, -0.2) is 14.3 Å². The van der Waals surface area contributed by atoms with E-state index in [-0.39, 0.29) is 24.5 Å². The fourth-order valence-corrected chi connectivity index (χ4v) is 4.29. The van der Waals surface area contributed by atoms with Gasteiger partial charge in [-0.15, -0.1) is 10.2 Å². The zero-order chi connectivity index (χ0) is 24.9. The van der Waals surface area contributed by atoms with Crippen LogP contribution in [0.4, 0.5) is 4.79 Å². The van der Waals surface area contributed by atoms with Gasteiger partial charge in [0.05, 0.1) is 12.2 Å². The standard InChI is InChI=1S/C22H23ClN6O5S/c1-3-32-20(30)18-15(25-21(31)26-19(18)16-9-4-12(2)34-16)11-35-22-28-27-17(29(22)24)10-33-14-7-5-13(23)6-8-14/h4-9,19H,3,10-11,24H2,1-2H3,(H2,25,26,31)/t19-/m0/s1. The van der Waals surface area contributed by atoms with Crippen molar-refractivity contribution in [3.05, 3.63) is 70.0 Å². The molecule has 0 spiro atoms. The van der Waals surface area contributed by atoms with E-state index in [4.69, 9.17) is 31.3 Å². The molecule has 4 N–H and O–H groups in total. The molecule has 1 aliphatic heterocycles. The molecule has 1 aromatic carbocycles. The summed E-state index contributed by atoms with van der Waals surface area (Å²) in [6.45, 7) is 3.75. The number of benzene rings is 1. The van der Waals surface area contributed by atoms with Gasteiger partial charge in [-0.3, -0.25) is 0 Å². The number of amides is 2. The molecule has 0 fully saturated rings. The zero-order valence-corrected chi connectivity index (χ0v) is 20.5. The van der Waals surface area contributed by atoms with E-state index in [1.165, 1.54) is 16.4 Å². The van der Waals surface area contributed by atoms with Crippen LogP contribution in [0.3, 0.4) is 0 Å². The Morgan fingerprint density at radius 3 is 2.71 bits per heavy atom. The molecule has 2 aromatic heterocycles. The quantitative estimate of drug-likeness (QED) is 0.221. The number of thioether (sulfide) groups is 1. The summed E-state index contributed by atoms with van der Waals surface area (Å²) in [7, 11) is 0. The molecule has 184 valence electrons. The molecule has 3 heterocycles. The van der Waals surface area contributed by atoms with Crippen molar-refractivity contribution < 1.29 is 23.5 Å². The maximum absolute atomic E-state index is 12.8. The molecule has 0 bridgehead atoms. The zero-order valence-electron chi connectivity index (χ0n) is 18.9. The first-order valence-corrected chi connectivity index (χ1v) is 12.0. The second-order valence-electron chi connectivity index (χ2n) is 7.39. The summed E-state index contributed by atoms with van der Waals surface area (Å²) in [5.41, 5.74) is 0.598. The van der Waals surface area contributed by atoms with E-state index in [0.717, 1.165) is 0 Å². The molecule has 0 aliphatic carbocycles. The minimum Gasteiger partial charge on any atom is -0.486 e. The van der Waals surface area contributed by atoms with Gasteiger partial charge in [0.2, 0.25) is 5.16 Å². The van der Waals surface area contributed by atoms with Gasteiger partial charge in [-0.1, -0.05) is 23.4 Å². The van der Waals surface area contributed by atoms with Gasteiger partial charge < -0.3 is 30.4 Å². The van der Waals surface area contributed by atoms with Crippen LogP contribution in [0.2, 0.25) is 5.02 Å². The molecule has 3 aromatic rings. The number of hydrogen-bond donors (Lipinski definition) is 3. The monoisotopic (exact) mass is 518 g/mol. The maximum Gasteiger partial charge on any atom is 0.338 e. The molecule has 13 heteroatoms. The fraction of sp³-hybridized carbons (Fsp3) is 0.273. The molecular weight excluding hydrogens is 496 g/mol. The Labute approximate surface area is 210 Å². The van der Waals surface area contributed by atoms with E-state index < -0.39 is 18.0 Å². The van der Waals surface area contributed by atoms with Crippen molar-refractivity contribution in [1.82, 2.24) is 25.5 Å². The van der Waals surface area contributed by atoms with Crippen LogP contribution in [0.1, 0.15) is 30.3 Å². The Morgan fingerprint density at radius 1 is 1.26 bits per heavy atom. The fourth-order valence-electron chi connectivity index (χ4n) is 3.32. The Morgan fingerprint density at radius 2 is 2.03 bits per heavy atom. The number of esters is 1. The number of rotatable bonds is 9. The summed E-state index contributed by atoms with van der Waals surface area (Å²) < 4.78 is 17.9. The topological polar surface area (TPSA) is 147 Å². The Balaban J connectivity index is 1.52. The second kappa shape index (κ2) is 10.7. The number of hydrogen-bond acceptors (Lipinski definition) is 9. The number of carbonyl (C=O) groups excluding carboxylic acids is 2. The number of halogens is 1. The normalized spacial score (nSPS) is 15.5. The number of aryl methyl sites for hydroxylation is 1. The lowest BCUT2D eigenvalue weighted by Crippen LogP contribution is -2.46. The van der Waals surface area contributed by atoms with Crippen LogP contribution in [-0.2, 0) is 16.1 Å². The number of aromatic nitrogens is 3. The molecule has 4 rings (SSSR count). The largest absolute Gasteiger partial charge is 0.486 e. The van der Waals surface area contributed by atoms with Gasteiger partial charge in [0.25, 0.3) is 0 Å². The second-order valence-corrected chi connectivity index (χ2v) is 8.77. The molecule has 0 saturated carbocycles. The number of nitrogens with one attached hydrogen (secondary N) is 2. The molecule has 0 radical (unpaired) electrons. The Kier molecular flexibility index (Phi) is 7.51. The van der Waals surface area contributed by atoms with Crippen LogP contribution < -0.4 is 21.2 Å². The van der Waals surface area contributed by atoms with Gasteiger partial charge >= 0.3 is 12.0 Å². The molecule has 1 aliphatic rings. The van der Waals surface area contributed by atoms with Crippen molar-refractivity contribution in [3.8, 4) is 5.75 Å². The first-order chi connectivity index (χ1) is 16.9. The Hall–Kier alpha value is -3.64. The molecule has 1 atom stereocenters. The highest BCUT2D eigenvalue weighted by atomic mass is 35.5. The average molecular weight is 519 g/mol. The minimum absolute atomic E-state index is 0.0863. The van der Waals surface area contributed by atoms with Crippen molar-refractivity contribution in [2.45, 2.75) is 31.7 Å². The highest BCUT2D eigenvalue weighted by Gasteiger charge is 2.35. The lowest BCUT2D eigenvalue weighted by Gasteiger charge is -2.27. The number of urea groups is 1. The van der Waals surface area contributed by atoms with Crippen LogP contribution >= 0.6 is 23.4 Å². The summed E-state index contributed by atoms with van der Waals surface area (Å²) in [6, 6.07) is 9.08. The van der Waals surface area contributed by atoms with E-state index in [9.17, 15) is 9.59 Å². The summed E-state index contributed by atoms with van der Waals surface area (Å²) in [4.78, 5) is 25.2. The first-order valence-electron chi connectivity index (χ1n) is 10.6. The van der Waals surface area contributed by atoms with E-state index in [1.54, 1.807) is 50.2 Å². The van der Waals surface area contributed by atoms with Gasteiger partial charge in [-0.2, -0.15) is 0 Å². The third-order valence-electron chi connectivity index (χ3n) is 4.96. The van der Waals surface area contributed by atoms with E-state index in [1.807, 2.05) is 0 Å². The Bertz CT molecular complexity index is 1260. The third-order valence-corrected chi connectivity index (χ3v) is 6.18. The smallest absolute Gasteiger partial charge is 0.338 e. The predicted molar refractivity (Wildman–Crippen MR) is 128 cm³/mol. The molecule has 0 saturated heterocycles. The van der Waals surface area contributed by atoms with Gasteiger partial charge in [0, 0.05) is 16.5 Å². The number of nitrogens with zero attached hydrogens (tertiary/aromatic N) is 3. The number of nitrogens with two attached hydrogens (primary N) is 1. The summed E-state index contributed by atoms with van der Waals surface area (Å²) in [5.74, 6) is 7.81. The van der Waals surface area contributed by atoms with Crippen molar-refractivity contribution >= 4 is 35.4 Å². The minimum atomic E-state index is -0.800. The van der Waals surface area contributed by atoms with Crippen LogP contribution in [-0.4, -0.2) is 39.2 Å². The van der Waals surface area contributed by atoms with Crippen molar-refractivity contribution in [1.29, 1.82) is 0 Å². The highest BCUT2D eigenvalue weighted by molar-refractivity contribution is 7.99. The van der Waals surface area contributed by atoms with Crippen LogP contribution in [0.5, 0.6) is 5.75 Å². The SMILES string of the molecule is CCOC(=O)C1=C(CSc2nnc(COc3ccc(Cl)cc3)n2N)NC(=O)N[C@H]1c1ccc(C)o1. The summed E-state index contributed by atoms with van der Waals surface area (Å²) in [6.07, 6.45) is 0. The van der Waals surface area contributed by atoms with Crippen molar-refractivity contribution in [2.24, 2.45) is 0 Å². The summed E-state index contributed by atoms with van der Waals surface area (Å²) >= 11 is 7.08. The number of carbonyl (C=O) groups is 2. The molecule has 0 unspecified atom stereocenters. The first kappa shape index (κ1) is 24.5. The van der Waals surface area contributed by atoms with Crippen LogP contribution in [0.15, 0.2) is 57.2 Å². The van der Waals surface area contributed by atoms with Crippen molar-refractivity contribution in [2.75, 3.05) is 18.2 Å². The van der Waals surface area contributed by atoms with Gasteiger partial charge in [-0.05, 0) is 50.2 Å². The van der Waals surface area contributed by atoms with E-state index >= 15 is 0 Å². The molecular formula is C22H23ClN6O5S. The average Bonchev–Trinajstić information content (AvgIpc) is 3.42. The lowest BCUT2D eigenvalue weighted by atomic mass is 10.0. The third kappa shape index (κ3) is 5.72. The maximum atomic E-state index is 12.8. The van der Waals surface area contributed by atoms with Crippen LogP contribution in [0.25, 0.3) is 0 Å². The summed E-state index contributed by atoms with van der Waals surface area (Å²) in [5, 5.41) is 14.5. The van der Waals surface area contributed by atoms with Gasteiger partial charge in [0.1, 0.15) is 29.9 Å². The number of nitrogen functional groups attached to an aromatic ring is 1.